The standard InChI is InChI=1S/C25H40N2O5/c1-3-4-5-6-7-8-9-10-11-12-13-14-15-16-17-18-19-20-24(28)31-22-21-26-25(29)32-23(2)27-30/h4-5,7-8,10-11,13-14,16-17,23,27,30H,3,6,9,12,15,18-22H2,1-2H3,(H,26,29)/b5-4-,8-7-,11-10-,14-13-,17-16-. The van der Waals surface area contributed by atoms with Crippen LogP contribution >= 0.6 is 0 Å². The maximum atomic E-state index is 11.6. The van der Waals surface area contributed by atoms with Gasteiger partial charge in [-0.1, -0.05) is 67.7 Å². The highest BCUT2D eigenvalue weighted by atomic mass is 16.6. The molecule has 0 heterocycles. The van der Waals surface area contributed by atoms with Gasteiger partial charge in [-0.15, -0.1) is 0 Å². The number of hydrogen-bond acceptors (Lipinski definition) is 6. The first-order chi connectivity index (χ1) is 15.6. The van der Waals surface area contributed by atoms with E-state index in [0.29, 0.717) is 6.42 Å². The Labute approximate surface area is 192 Å². The Bertz CT molecular complexity index is 624. The normalized spacial score (nSPS) is 13.1. The minimum absolute atomic E-state index is 0.0799. The molecule has 32 heavy (non-hydrogen) atoms. The summed E-state index contributed by atoms with van der Waals surface area (Å²) in [4.78, 5) is 22.9. The van der Waals surface area contributed by atoms with Crippen LogP contribution in [0, 0.1) is 0 Å². The third-order valence-electron chi connectivity index (χ3n) is 4.01. The number of allylic oxidation sites excluding steroid dienone is 10. The summed E-state index contributed by atoms with van der Waals surface area (Å²) in [7, 11) is 0. The number of carbonyl (C=O) groups excluding carboxylic acids is 2. The van der Waals surface area contributed by atoms with Crippen molar-refractivity contribution >= 4 is 12.1 Å². The molecular formula is C25H40N2O5. The average Bonchev–Trinajstić information content (AvgIpc) is 2.78. The summed E-state index contributed by atoms with van der Waals surface area (Å²) in [6, 6.07) is 0. The van der Waals surface area contributed by atoms with Crippen molar-refractivity contribution in [2.75, 3.05) is 13.2 Å². The first-order valence-corrected chi connectivity index (χ1v) is 11.3. The fourth-order valence-electron chi connectivity index (χ4n) is 2.35. The lowest BCUT2D eigenvalue weighted by molar-refractivity contribution is -0.143. The lowest BCUT2D eigenvalue weighted by Crippen LogP contribution is -2.35. The zero-order chi connectivity index (χ0) is 23.7. The van der Waals surface area contributed by atoms with Gasteiger partial charge in [0.2, 0.25) is 0 Å². The number of carbonyl (C=O) groups is 2. The van der Waals surface area contributed by atoms with E-state index in [1.54, 1.807) is 5.48 Å². The SMILES string of the molecule is CC/C=C\C/C=C\C/C=C\C/C=C\C/C=C\CCCC(=O)OCCNC(=O)OC(C)NO. The van der Waals surface area contributed by atoms with Gasteiger partial charge in [0.25, 0.3) is 0 Å². The molecule has 0 aromatic heterocycles. The molecule has 1 unspecified atom stereocenters. The Balaban J connectivity index is 3.57. The van der Waals surface area contributed by atoms with E-state index in [9.17, 15) is 9.59 Å². The molecule has 0 saturated carbocycles. The highest BCUT2D eigenvalue weighted by Gasteiger charge is 2.07. The van der Waals surface area contributed by atoms with Crippen molar-refractivity contribution in [2.24, 2.45) is 0 Å². The highest BCUT2D eigenvalue weighted by Crippen LogP contribution is 2.01. The number of esters is 1. The number of ether oxygens (including phenoxy) is 2. The van der Waals surface area contributed by atoms with Crippen molar-refractivity contribution in [1.82, 2.24) is 10.8 Å². The van der Waals surface area contributed by atoms with Gasteiger partial charge in [-0.3, -0.25) is 4.79 Å². The van der Waals surface area contributed by atoms with Crippen molar-refractivity contribution in [1.29, 1.82) is 0 Å². The zero-order valence-electron chi connectivity index (χ0n) is 19.5. The Morgan fingerprint density at radius 2 is 1.41 bits per heavy atom. The molecule has 7 nitrogen and oxygen atoms in total. The van der Waals surface area contributed by atoms with Gasteiger partial charge in [-0.05, 0) is 51.9 Å². The van der Waals surface area contributed by atoms with Crippen molar-refractivity contribution in [3.8, 4) is 0 Å². The van der Waals surface area contributed by atoms with Crippen LogP contribution in [0.3, 0.4) is 0 Å². The molecular weight excluding hydrogens is 408 g/mol. The summed E-state index contributed by atoms with van der Waals surface area (Å²) in [5.41, 5.74) is 1.79. The maximum Gasteiger partial charge on any atom is 0.408 e. The molecule has 7 heteroatoms. The molecule has 0 radical (unpaired) electrons. The monoisotopic (exact) mass is 448 g/mol. The predicted molar refractivity (Wildman–Crippen MR) is 128 cm³/mol. The Morgan fingerprint density at radius 3 is 1.94 bits per heavy atom. The van der Waals surface area contributed by atoms with E-state index in [1.807, 2.05) is 0 Å². The van der Waals surface area contributed by atoms with E-state index < -0.39 is 12.3 Å². The van der Waals surface area contributed by atoms with Crippen LogP contribution in [-0.2, 0) is 14.3 Å². The largest absolute Gasteiger partial charge is 0.464 e. The van der Waals surface area contributed by atoms with Gasteiger partial charge in [0.05, 0.1) is 6.54 Å². The average molecular weight is 449 g/mol. The summed E-state index contributed by atoms with van der Waals surface area (Å²) in [5.74, 6) is -0.294. The topological polar surface area (TPSA) is 96.9 Å². The molecule has 0 bridgehead atoms. The highest BCUT2D eigenvalue weighted by molar-refractivity contribution is 5.69. The van der Waals surface area contributed by atoms with Crippen molar-refractivity contribution in [3.05, 3.63) is 60.8 Å². The Kier molecular flexibility index (Phi) is 21.1. The molecule has 180 valence electrons. The second-order valence-corrected chi connectivity index (χ2v) is 6.92. The van der Waals surface area contributed by atoms with Crippen LogP contribution < -0.4 is 10.8 Å². The molecule has 0 rings (SSSR count). The van der Waals surface area contributed by atoms with E-state index in [2.05, 4.69) is 73.0 Å². The van der Waals surface area contributed by atoms with Crippen molar-refractivity contribution < 1.29 is 24.3 Å². The fourth-order valence-corrected chi connectivity index (χ4v) is 2.35. The molecule has 3 N–H and O–H groups in total. The van der Waals surface area contributed by atoms with Gasteiger partial charge in [0.1, 0.15) is 6.61 Å². The quantitative estimate of drug-likeness (QED) is 0.0842. The summed E-state index contributed by atoms with van der Waals surface area (Å²) >= 11 is 0. The van der Waals surface area contributed by atoms with Gasteiger partial charge in [-0.2, -0.15) is 5.48 Å². The molecule has 1 amide bonds. The minimum Gasteiger partial charge on any atom is -0.464 e. The molecule has 0 aliphatic heterocycles. The number of hydroxylamine groups is 1. The van der Waals surface area contributed by atoms with Gasteiger partial charge in [-0.25, -0.2) is 4.79 Å². The first-order valence-electron chi connectivity index (χ1n) is 11.3. The fraction of sp³-hybridized carbons (Fsp3) is 0.520. The minimum atomic E-state index is -0.812. The number of nitrogens with one attached hydrogen (secondary N) is 2. The maximum absolute atomic E-state index is 11.6. The van der Waals surface area contributed by atoms with Crippen LogP contribution in [0.5, 0.6) is 0 Å². The first kappa shape index (κ1) is 29.4. The van der Waals surface area contributed by atoms with E-state index in [-0.39, 0.29) is 19.1 Å². The summed E-state index contributed by atoms with van der Waals surface area (Å²) < 4.78 is 9.73. The lowest BCUT2D eigenvalue weighted by Gasteiger charge is -2.11. The molecule has 0 spiro atoms. The second kappa shape index (κ2) is 23.0. The number of unbranched alkanes of at least 4 members (excludes halogenated alkanes) is 1. The van der Waals surface area contributed by atoms with E-state index in [1.165, 1.54) is 6.92 Å². The van der Waals surface area contributed by atoms with Gasteiger partial charge in [0, 0.05) is 6.42 Å². The van der Waals surface area contributed by atoms with Crippen LogP contribution in [-0.4, -0.2) is 36.6 Å². The summed E-state index contributed by atoms with van der Waals surface area (Å²) in [6.45, 7) is 3.84. The summed E-state index contributed by atoms with van der Waals surface area (Å²) in [6.07, 6.45) is 26.8. The molecule has 0 aromatic rings. The van der Waals surface area contributed by atoms with Crippen molar-refractivity contribution in [3.63, 3.8) is 0 Å². The second-order valence-electron chi connectivity index (χ2n) is 6.92. The van der Waals surface area contributed by atoms with E-state index in [4.69, 9.17) is 14.7 Å². The van der Waals surface area contributed by atoms with Gasteiger partial charge in [0.15, 0.2) is 6.23 Å². The van der Waals surface area contributed by atoms with E-state index in [0.717, 1.165) is 44.9 Å². The van der Waals surface area contributed by atoms with Crippen LogP contribution in [0.15, 0.2) is 60.8 Å². The van der Waals surface area contributed by atoms with Crippen LogP contribution in [0.2, 0.25) is 0 Å². The Hall–Kier alpha value is -2.64. The molecule has 0 saturated heterocycles. The van der Waals surface area contributed by atoms with E-state index >= 15 is 0 Å². The zero-order valence-corrected chi connectivity index (χ0v) is 19.5. The van der Waals surface area contributed by atoms with Crippen LogP contribution in [0.25, 0.3) is 0 Å². The molecule has 0 aliphatic rings. The molecule has 0 aliphatic carbocycles. The number of hydrogen-bond donors (Lipinski definition) is 3. The van der Waals surface area contributed by atoms with Crippen LogP contribution in [0.1, 0.15) is 65.2 Å². The van der Waals surface area contributed by atoms with Crippen LogP contribution in [0.4, 0.5) is 4.79 Å². The van der Waals surface area contributed by atoms with Crippen molar-refractivity contribution in [2.45, 2.75) is 71.4 Å². The molecule has 1 atom stereocenters. The van der Waals surface area contributed by atoms with Gasteiger partial charge >= 0.3 is 12.1 Å². The van der Waals surface area contributed by atoms with Gasteiger partial charge < -0.3 is 20.0 Å². The third kappa shape index (κ3) is 22.1. The smallest absolute Gasteiger partial charge is 0.408 e. The molecule has 0 aromatic carbocycles. The number of alkyl carbamates (subject to hydrolysis) is 1. The summed E-state index contributed by atoms with van der Waals surface area (Å²) in [5, 5.41) is 10.9. The Morgan fingerprint density at radius 1 is 0.875 bits per heavy atom. The number of amides is 1. The third-order valence-corrected chi connectivity index (χ3v) is 4.01. The predicted octanol–water partition coefficient (Wildman–Crippen LogP) is 5.50. The number of rotatable bonds is 18. The molecule has 0 fully saturated rings. The lowest BCUT2D eigenvalue weighted by atomic mass is 10.2.